The lowest BCUT2D eigenvalue weighted by Crippen LogP contribution is -2.31. The van der Waals surface area contributed by atoms with Crippen LogP contribution in [0.25, 0.3) is 0 Å². The average Bonchev–Trinajstić information content (AvgIpc) is 2.70. The van der Waals surface area contributed by atoms with Gasteiger partial charge in [0, 0.05) is 24.6 Å². The maximum atomic E-state index is 13.9. The first-order valence-corrected chi connectivity index (χ1v) is 9.99. The number of carbonyl (C=O) groups is 1. The molecule has 1 aliphatic heterocycles. The topological polar surface area (TPSA) is 32.3 Å². The van der Waals surface area contributed by atoms with E-state index in [1.54, 1.807) is 12.1 Å². The van der Waals surface area contributed by atoms with E-state index in [1.165, 1.54) is 6.07 Å². The van der Waals surface area contributed by atoms with E-state index >= 15 is 0 Å². The van der Waals surface area contributed by atoms with E-state index in [-0.39, 0.29) is 17.6 Å². The van der Waals surface area contributed by atoms with Gasteiger partial charge in [-0.05, 0) is 81.1 Å². The SMILES string of the molecule is CCN(CC)C(=O)c1ccc(C(c2cccc(F)c2)C2CCNCC2)cc1. The van der Waals surface area contributed by atoms with Crippen molar-refractivity contribution in [1.29, 1.82) is 0 Å². The number of hydrogen-bond donors (Lipinski definition) is 1. The lowest BCUT2D eigenvalue weighted by molar-refractivity contribution is 0.0773. The third kappa shape index (κ3) is 4.56. The van der Waals surface area contributed by atoms with Crippen LogP contribution in [0.15, 0.2) is 48.5 Å². The number of nitrogens with zero attached hydrogens (tertiary/aromatic N) is 1. The van der Waals surface area contributed by atoms with Gasteiger partial charge in [-0.25, -0.2) is 4.39 Å². The van der Waals surface area contributed by atoms with Crippen LogP contribution in [0, 0.1) is 11.7 Å². The molecule has 1 amide bonds. The molecule has 1 saturated heterocycles. The second kappa shape index (κ2) is 9.14. The fraction of sp³-hybridized carbons (Fsp3) is 0.435. The van der Waals surface area contributed by atoms with Gasteiger partial charge in [0.25, 0.3) is 5.91 Å². The minimum absolute atomic E-state index is 0.0655. The van der Waals surface area contributed by atoms with Crippen molar-refractivity contribution in [2.24, 2.45) is 5.92 Å². The van der Waals surface area contributed by atoms with Crippen molar-refractivity contribution in [2.45, 2.75) is 32.6 Å². The lowest BCUT2D eigenvalue weighted by Gasteiger charge is -2.32. The summed E-state index contributed by atoms with van der Waals surface area (Å²) in [5, 5.41) is 3.41. The van der Waals surface area contributed by atoms with Crippen molar-refractivity contribution in [1.82, 2.24) is 10.2 Å². The molecule has 3 rings (SSSR count). The number of amides is 1. The van der Waals surface area contributed by atoms with E-state index in [4.69, 9.17) is 0 Å². The second-order valence-corrected chi connectivity index (χ2v) is 7.22. The van der Waals surface area contributed by atoms with Crippen molar-refractivity contribution in [2.75, 3.05) is 26.2 Å². The molecule has 2 aromatic carbocycles. The van der Waals surface area contributed by atoms with Gasteiger partial charge in [0.05, 0.1) is 0 Å². The summed E-state index contributed by atoms with van der Waals surface area (Å²) in [6, 6.07) is 14.9. The van der Waals surface area contributed by atoms with Crippen molar-refractivity contribution in [3.05, 3.63) is 71.0 Å². The van der Waals surface area contributed by atoms with E-state index in [0.717, 1.165) is 37.1 Å². The monoisotopic (exact) mass is 368 g/mol. The van der Waals surface area contributed by atoms with Gasteiger partial charge in [0.1, 0.15) is 5.82 Å². The molecule has 1 atom stereocenters. The first-order chi connectivity index (χ1) is 13.1. The molecule has 0 radical (unpaired) electrons. The zero-order valence-electron chi connectivity index (χ0n) is 16.2. The van der Waals surface area contributed by atoms with Crippen LogP contribution in [-0.2, 0) is 0 Å². The minimum atomic E-state index is -0.195. The van der Waals surface area contributed by atoms with Gasteiger partial charge in [0.2, 0.25) is 0 Å². The Bertz CT molecular complexity index is 749. The van der Waals surface area contributed by atoms with Gasteiger partial charge < -0.3 is 10.2 Å². The van der Waals surface area contributed by atoms with Gasteiger partial charge in [-0.15, -0.1) is 0 Å². The van der Waals surface area contributed by atoms with Crippen molar-refractivity contribution in [3.63, 3.8) is 0 Å². The average molecular weight is 368 g/mol. The molecule has 1 unspecified atom stereocenters. The van der Waals surface area contributed by atoms with Crippen LogP contribution in [-0.4, -0.2) is 37.0 Å². The molecule has 3 nitrogen and oxygen atoms in total. The molecule has 0 spiro atoms. The Kier molecular flexibility index (Phi) is 6.62. The largest absolute Gasteiger partial charge is 0.339 e. The van der Waals surface area contributed by atoms with Gasteiger partial charge in [-0.2, -0.15) is 0 Å². The zero-order valence-corrected chi connectivity index (χ0v) is 16.2. The molecular formula is C23H29FN2O. The third-order valence-electron chi connectivity index (χ3n) is 5.63. The molecule has 4 heteroatoms. The molecule has 1 heterocycles. The van der Waals surface area contributed by atoms with Gasteiger partial charge in [-0.3, -0.25) is 4.79 Å². The van der Waals surface area contributed by atoms with Gasteiger partial charge in [-0.1, -0.05) is 24.3 Å². The van der Waals surface area contributed by atoms with Crippen molar-refractivity contribution in [3.8, 4) is 0 Å². The first-order valence-electron chi connectivity index (χ1n) is 9.99. The lowest BCUT2D eigenvalue weighted by atomic mass is 9.76. The van der Waals surface area contributed by atoms with Gasteiger partial charge in [0.15, 0.2) is 0 Å². The van der Waals surface area contributed by atoms with E-state index in [1.807, 2.05) is 49.1 Å². The quantitative estimate of drug-likeness (QED) is 0.818. The molecule has 0 aliphatic carbocycles. The summed E-state index contributed by atoms with van der Waals surface area (Å²) in [4.78, 5) is 14.4. The summed E-state index contributed by atoms with van der Waals surface area (Å²) in [6.45, 7) is 7.39. The Morgan fingerprint density at radius 2 is 1.74 bits per heavy atom. The molecular weight excluding hydrogens is 339 g/mol. The molecule has 1 fully saturated rings. The molecule has 0 saturated carbocycles. The molecule has 1 aliphatic rings. The summed E-state index contributed by atoms with van der Waals surface area (Å²) >= 11 is 0. The Balaban J connectivity index is 1.91. The van der Waals surface area contributed by atoms with E-state index < -0.39 is 0 Å². The normalized spacial score (nSPS) is 16.1. The third-order valence-corrected chi connectivity index (χ3v) is 5.63. The standard InChI is InChI=1S/C23H29FN2O/c1-3-26(4-2)23(27)19-10-8-17(9-11-19)22(18-12-14-25-15-13-18)20-6-5-7-21(24)16-20/h5-11,16,18,22,25H,3-4,12-15H2,1-2H3. The summed E-state index contributed by atoms with van der Waals surface area (Å²) in [5.41, 5.74) is 2.89. The molecule has 2 aromatic rings. The highest BCUT2D eigenvalue weighted by Crippen LogP contribution is 2.37. The van der Waals surface area contributed by atoms with Crippen LogP contribution in [0.3, 0.4) is 0 Å². The fourth-order valence-electron chi connectivity index (χ4n) is 4.14. The fourth-order valence-corrected chi connectivity index (χ4v) is 4.14. The molecule has 0 bridgehead atoms. The van der Waals surface area contributed by atoms with Crippen molar-refractivity contribution < 1.29 is 9.18 Å². The number of piperidine rings is 1. The predicted molar refractivity (Wildman–Crippen MR) is 108 cm³/mol. The highest BCUT2D eigenvalue weighted by atomic mass is 19.1. The van der Waals surface area contributed by atoms with Crippen LogP contribution >= 0.6 is 0 Å². The van der Waals surface area contributed by atoms with Crippen LogP contribution < -0.4 is 5.32 Å². The summed E-state index contributed by atoms with van der Waals surface area (Å²) < 4.78 is 13.9. The summed E-state index contributed by atoms with van der Waals surface area (Å²) in [6.07, 6.45) is 2.14. The number of nitrogens with one attached hydrogen (secondary N) is 1. The molecule has 27 heavy (non-hydrogen) atoms. The van der Waals surface area contributed by atoms with E-state index in [9.17, 15) is 9.18 Å². The van der Waals surface area contributed by atoms with Gasteiger partial charge >= 0.3 is 0 Å². The number of benzene rings is 2. The summed E-state index contributed by atoms with van der Waals surface area (Å²) in [7, 11) is 0. The molecule has 144 valence electrons. The maximum absolute atomic E-state index is 13.9. The number of rotatable bonds is 6. The van der Waals surface area contributed by atoms with Crippen LogP contribution in [0.2, 0.25) is 0 Å². The number of carbonyl (C=O) groups excluding carboxylic acids is 1. The Hall–Kier alpha value is -2.20. The van der Waals surface area contributed by atoms with Crippen molar-refractivity contribution >= 4 is 5.91 Å². The Morgan fingerprint density at radius 1 is 1.07 bits per heavy atom. The molecule has 1 N–H and O–H groups in total. The van der Waals surface area contributed by atoms with Crippen LogP contribution in [0.4, 0.5) is 4.39 Å². The minimum Gasteiger partial charge on any atom is -0.339 e. The second-order valence-electron chi connectivity index (χ2n) is 7.22. The van der Waals surface area contributed by atoms with Crippen LogP contribution in [0.1, 0.15) is 54.1 Å². The first kappa shape index (κ1) is 19.6. The van der Waals surface area contributed by atoms with E-state index in [0.29, 0.717) is 24.6 Å². The highest BCUT2D eigenvalue weighted by Gasteiger charge is 2.27. The highest BCUT2D eigenvalue weighted by molar-refractivity contribution is 5.94. The Labute approximate surface area is 161 Å². The predicted octanol–water partition coefficient (Wildman–Crippen LogP) is 4.44. The van der Waals surface area contributed by atoms with Crippen LogP contribution in [0.5, 0.6) is 0 Å². The van der Waals surface area contributed by atoms with E-state index in [2.05, 4.69) is 5.32 Å². The number of hydrogen-bond acceptors (Lipinski definition) is 2. The summed E-state index contributed by atoms with van der Waals surface area (Å²) in [5.74, 6) is 0.494. The smallest absolute Gasteiger partial charge is 0.253 e. The zero-order chi connectivity index (χ0) is 19.2. The maximum Gasteiger partial charge on any atom is 0.253 e. The Morgan fingerprint density at radius 3 is 2.33 bits per heavy atom. The number of halogens is 1. The molecule has 0 aromatic heterocycles.